The van der Waals surface area contributed by atoms with E-state index in [1.54, 1.807) is 29.1 Å². The molecule has 1 aliphatic rings. The number of amides is 2. The van der Waals surface area contributed by atoms with Crippen molar-refractivity contribution in [3.05, 3.63) is 65.1 Å². The topological polar surface area (TPSA) is 87.9 Å². The average molecular weight is 477 g/mol. The van der Waals surface area contributed by atoms with Crippen LogP contribution in [0.2, 0.25) is 0 Å². The van der Waals surface area contributed by atoms with Gasteiger partial charge in [-0.2, -0.15) is 0 Å². The van der Waals surface area contributed by atoms with Crippen LogP contribution in [-0.2, 0) is 22.6 Å². The molecule has 4 rings (SSSR count). The van der Waals surface area contributed by atoms with Crippen LogP contribution in [0.1, 0.15) is 43.2 Å². The Morgan fingerprint density at radius 3 is 2.80 bits per heavy atom. The first kappa shape index (κ1) is 24.3. The molecule has 0 spiro atoms. The predicted octanol–water partition coefficient (Wildman–Crippen LogP) is 4.97. The molecule has 184 valence electrons. The molecule has 1 N–H and O–H groups in total. The monoisotopic (exact) mass is 476 g/mol. The predicted molar refractivity (Wildman–Crippen MR) is 136 cm³/mol. The standard InChI is InChI=1S/C27H32N4O4/c1-18-21-8-6-7-9-22(21)34-23(18)17-30(5)24(32)11-10-19-14-20-16-31(26(33)35-27(2,3)4)13-12-28-25(20)29-15-19/h6-11,14-15H,12-13,16-17H2,1-5H3,(H,28,29). The molecule has 3 aromatic rings. The van der Waals surface area contributed by atoms with Crippen molar-refractivity contribution in [2.24, 2.45) is 0 Å². The number of nitrogens with zero attached hydrogens (tertiary/aromatic N) is 3. The zero-order valence-electron chi connectivity index (χ0n) is 20.9. The Hall–Kier alpha value is -3.81. The largest absolute Gasteiger partial charge is 0.459 e. The van der Waals surface area contributed by atoms with Gasteiger partial charge in [0.2, 0.25) is 5.91 Å². The van der Waals surface area contributed by atoms with E-state index in [2.05, 4.69) is 10.3 Å². The van der Waals surface area contributed by atoms with Gasteiger partial charge in [-0.05, 0) is 51.5 Å². The van der Waals surface area contributed by atoms with Gasteiger partial charge in [0.25, 0.3) is 0 Å². The van der Waals surface area contributed by atoms with Crippen molar-refractivity contribution in [3.63, 3.8) is 0 Å². The smallest absolute Gasteiger partial charge is 0.410 e. The minimum absolute atomic E-state index is 0.145. The van der Waals surface area contributed by atoms with E-state index in [9.17, 15) is 9.59 Å². The molecule has 0 fully saturated rings. The van der Waals surface area contributed by atoms with Crippen LogP contribution in [-0.4, -0.2) is 52.5 Å². The third-order valence-corrected chi connectivity index (χ3v) is 5.79. The molecule has 3 heterocycles. The summed E-state index contributed by atoms with van der Waals surface area (Å²) in [5.74, 6) is 1.36. The molecule has 35 heavy (non-hydrogen) atoms. The summed E-state index contributed by atoms with van der Waals surface area (Å²) in [6, 6.07) is 9.79. The second-order valence-electron chi connectivity index (χ2n) is 9.78. The Bertz CT molecular complexity index is 1270. The molecule has 0 unspecified atom stereocenters. The number of furan rings is 1. The molecular weight excluding hydrogens is 444 g/mol. The van der Waals surface area contributed by atoms with E-state index in [4.69, 9.17) is 9.15 Å². The van der Waals surface area contributed by atoms with Crippen molar-refractivity contribution in [1.82, 2.24) is 14.8 Å². The summed E-state index contributed by atoms with van der Waals surface area (Å²) >= 11 is 0. The van der Waals surface area contributed by atoms with Crippen molar-refractivity contribution in [2.75, 3.05) is 25.5 Å². The minimum Gasteiger partial charge on any atom is -0.459 e. The summed E-state index contributed by atoms with van der Waals surface area (Å²) in [7, 11) is 1.75. The maximum atomic E-state index is 12.8. The Morgan fingerprint density at radius 1 is 1.29 bits per heavy atom. The highest BCUT2D eigenvalue weighted by Crippen LogP contribution is 2.26. The minimum atomic E-state index is -0.560. The van der Waals surface area contributed by atoms with Gasteiger partial charge in [-0.1, -0.05) is 18.2 Å². The number of benzene rings is 1. The lowest BCUT2D eigenvalue weighted by Gasteiger charge is -2.26. The normalized spacial score (nSPS) is 13.9. The van der Waals surface area contributed by atoms with E-state index in [1.807, 2.05) is 58.0 Å². The summed E-state index contributed by atoms with van der Waals surface area (Å²) in [4.78, 5) is 33.1. The maximum Gasteiger partial charge on any atom is 0.410 e. The second-order valence-corrected chi connectivity index (χ2v) is 9.78. The SMILES string of the molecule is Cc1c(CN(C)C(=O)C=Cc2cnc3c(c2)CN(C(=O)OC(C)(C)C)CCN3)oc2ccccc12. The van der Waals surface area contributed by atoms with E-state index >= 15 is 0 Å². The number of fused-ring (bicyclic) bond motifs is 2. The fourth-order valence-corrected chi connectivity index (χ4v) is 3.94. The van der Waals surface area contributed by atoms with Gasteiger partial charge in [0, 0.05) is 48.9 Å². The summed E-state index contributed by atoms with van der Waals surface area (Å²) in [6.45, 7) is 9.41. The summed E-state index contributed by atoms with van der Waals surface area (Å²) in [5.41, 5.74) is 2.95. The number of pyridine rings is 1. The van der Waals surface area contributed by atoms with Crippen LogP contribution in [0.15, 0.2) is 47.0 Å². The highest BCUT2D eigenvalue weighted by atomic mass is 16.6. The molecule has 0 bridgehead atoms. The number of para-hydroxylation sites is 1. The van der Waals surface area contributed by atoms with Gasteiger partial charge >= 0.3 is 6.09 Å². The van der Waals surface area contributed by atoms with E-state index in [-0.39, 0.29) is 12.0 Å². The van der Waals surface area contributed by atoms with Crippen molar-refractivity contribution in [3.8, 4) is 0 Å². The third kappa shape index (κ3) is 5.82. The molecule has 2 aromatic heterocycles. The first-order chi connectivity index (χ1) is 16.6. The highest BCUT2D eigenvalue weighted by molar-refractivity contribution is 5.91. The van der Waals surface area contributed by atoms with Gasteiger partial charge in [0.1, 0.15) is 22.8 Å². The fraction of sp³-hybridized carbons (Fsp3) is 0.370. The number of ether oxygens (including phenoxy) is 1. The molecule has 8 heteroatoms. The van der Waals surface area contributed by atoms with Gasteiger partial charge in [-0.25, -0.2) is 9.78 Å². The fourth-order valence-electron chi connectivity index (χ4n) is 3.94. The Kier molecular flexibility index (Phi) is 6.82. The molecule has 1 aromatic carbocycles. The van der Waals surface area contributed by atoms with Crippen LogP contribution in [0.3, 0.4) is 0 Å². The van der Waals surface area contributed by atoms with Crippen LogP contribution in [0.25, 0.3) is 17.0 Å². The molecule has 0 saturated carbocycles. The number of hydrogen-bond donors (Lipinski definition) is 1. The molecule has 1 aliphatic heterocycles. The van der Waals surface area contributed by atoms with Crippen LogP contribution in [0.5, 0.6) is 0 Å². The van der Waals surface area contributed by atoms with Crippen LogP contribution in [0.4, 0.5) is 10.6 Å². The Morgan fingerprint density at radius 2 is 2.06 bits per heavy atom. The number of rotatable bonds is 4. The lowest BCUT2D eigenvalue weighted by molar-refractivity contribution is -0.125. The second kappa shape index (κ2) is 9.82. The number of carbonyl (C=O) groups is 2. The zero-order chi connectivity index (χ0) is 25.2. The summed E-state index contributed by atoms with van der Waals surface area (Å²) in [6.07, 6.45) is 4.62. The lowest BCUT2D eigenvalue weighted by Crippen LogP contribution is -2.37. The molecule has 8 nitrogen and oxygen atoms in total. The number of carbonyl (C=O) groups excluding carboxylic acids is 2. The van der Waals surface area contributed by atoms with Gasteiger partial charge in [0.05, 0.1) is 13.1 Å². The molecule has 0 aliphatic carbocycles. The summed E-state index contributed by atoms with van der Waals surface area (Å²) < 4.78 is 11.5. The third-order valence-electron chi connectivity index (χ3n) is 5.79. The summed E-state index contributed by atoms with van der Waals surface area (Å²) in [5, 5.41) is 4.32. The zero-order valence-corrected chi connectivity index (χ0v) is 20.9. The van der Waals surface area contributed by atoms with Crippen molar-refractivity contribution >= 4 is 34.9 Å². The number of aryl methyl sites for hydroxylation is 1. The Balaban J connectivity index is 1.44. The van der Waals surface area contributed by atoms with Gasteiger partial charge in [-0.15, -0.1) is 0 Å². The van der Waals surface area contributed by atoms with E-state index < -0.39 is 5.60 Å². The average Bonchev–Trinajstić information content (AvgIpc) is 2.98. The van der Waals surface area contributed by atoms with E-state index in [1.165, 1.54) is 6.08 Å². The molecule has 0 radical (unpaired) electrons. The molecule has 0 atom stereocenters. The van der Waals surface area contributed by atoms with Crippen molar-refractivity contribution < 1.29 is 18.7 Å². The van der Waals surface area contributed by atoms with E-state index in [0.29, 0.717) is 26.2 Å². The van der Waals surface area contributed by atoms with Crippen molar-refractivity contribution in [1.29, 1.82) is 0 Å². The number of hydrogen-bond acceptors (Lipinski definition) is 6. The number of anilines is 1. The van der Waals surface area contributed by atoms with Crippen LogP contribution >= 0.6 is 0 Å². The Labute approximate surface area is 205 Å². The van der Waals surface area contributed by atoms with Gasteiger partial charge in [0.15, 0.2) is 0 Å². The van der Waals surface area contributed by atoms with Gasteiger partial charge < -0.3 is 24.3 Å². The first-order valence-electron chi connectivity index (χ1n) is 11.7. The van der Waals surface area contributed by atoms with Crippen LogP contribution < -0.4 is 5.32 Å². The van der Waals surface area contributed by atoms with E-state index in [0.717, 1.165) is 39.2 Å². The van der Waals surface area contributed by atoms with Crippen molar-refractivity contribution in [2.45, 2.75) is 46.4 Å². The molecule has 2 amide bonds. The van der Waals surface area contributed by atoms with Crippen LogP contribution in [0, 0.1) is 6.92 Å². The lowest BCUT2D eigenvalue weighted by atomic mass is 10.1. The number of likely N-dealkylation sites (N-methyl/N-ethyl adjacent to an activating group) is 1. The number of nitrogens with one attached hydrogen (secondary N) is 1. The maximum absolute atomic E-state index is 12.8. The highest BCUT2D eigenvalue weighted by Gasteiger charge is 2.25. The quantitative estimate of drug-likeness (QED) is 0.535. The molecule has 0 saturated heterocycles. The van der Waals surface area contributed by atoms with Gasteiger partial charge in [-0.3, -0.25) is 4.79 Å². The first-order valence-corrected chi connectivity index (χ1v) is 11.7. The number of aromatic nitrogens is 1. The molecular formula is C27H32N4O4.